The summed E-state index contributed by atoms with van der Waals surface area (Å²) in [5.74, 6) is 1.16. The Morgan fingerprint density at radius 2 is 2.00 bits per heavy atom. The van der Waals surface area contributed by atoms with E-state index in [-0.39, 0.29) is 0 Å². The van der Waals surface area contributed by atoms with Crippen LogP contribution in [0.3, 0.4) is 0 Å². The van der Waals surface area contributed by atoms with Crippen molar-refractivity contribution in [3.05, 3.63) is 29.5 Å². The van der Waals surface area contributed by atoms with Crippen molar-refractivity contribution in [3.8, 4) is 0 Å². The number of piperazine rings is 1. The molecule has 0 amide bonds. The first kappa shape index (κ1) is 11.3. The number of furan rings is 1. The minimum Gasteiger partial charge on any atom is -0.438 e. The molecule has 0 atom stereocenters. The average Bonchev–Trinajstić information content (AvgIpc) is 3.10. The van der Waals surface area contributed by atoms with Crippen LogP contribution < -0.4 is 9.80 Å². The number of thiazole rings is 1. The lowest BCUT2D eigenvalue weighted by atomic mass is 10.3. The molecule has 0 aliphatic carbocycles. The van der Waals surface area contributed by atoms with Crippen molar-refractivity contribution in [2.45, 2.75) is 0 Å². The van der Waals surface area contributed by atoms with E-state index in [9.17, 15) is 4.79 Å². The molecule has 1 fully saturated rings. The summed E-state index contributed by atoms with van der Waals surface area (Å²) in [4.78, 5) is 19.3. The third-order valence-electron chi connectivity index (χ3n) is 3.01. The van der Waals surface area contributed by atoms with E-state index in [2.05, 4.69) is 14.8 Å². The van der Waals surface area contributed by atoms with Crippen molar-refractivity contribution in [1.82, 2.24) is 4.98 Å². The van der Waals surface area contributed by atoms with E-state index >= 15 is 0 Å². The van der Waals surface area contributed by atoms with Crippen LogP contribution in [0.1, 0.15) is 10.6 Å². The zero-order valence-corrected chi connectivity index (χ0v) is 10.6. The van der Waals surface area contributed by atoms with Crippen LogP contribution in [0.25, 0.3) is 0 Å². The van der Waals surface area contributed by atoms with Gasteiger partial charge in [-0.1, -0.05) is 0 Å². The normalized spacial score (nSPS) is 16.0. The molecule has 3 heterocycles. The smallest absolute Gasteiger partial charge is 0.196 e. The summed E-state index contributed by atoms with van der Waals surface area (Å²) in [6.07, 6.45) is 2.56. The van der Waals surface area contributed by atoms with Gasteiger partial charge in [-0.05, 0) is 6.07 Å². The quantitative estimate of drug-likeness (QED) is 0.791. The molecule has 0 radical (unpaired) electrons. The molecule has 0 N–H and O–H groups in total. The van der Waals surface area contributed by atoms with Crippen LogP contribution in [0.2, 0.25) is 0 Å². The van der Waals surface area contributed by atoms with E-state index in [1.807, 2.05) is 17.6 Å². The van der Waals surface area contributed by atoms with Gasteiger partial charge in [0.15, 0.2) is 23.1 Å². The van der Waals surface area contributed by atoms with E-state index in [0.29, 0.717) is 5.76 Å². The Labute approximate surface area is 109 Å². The molecule has 0 unspecified atom stereocenters. The third kappa shape index (κ3) is 2.11. The predicted octanol–water partition coefficient (Wildman–Crippen LogP) is 1.88. The Bertz CT molecular complexity index is 515. The van der Waals surface area contributed by atoms with Crippen molar-refractivity contribution in [1.29, 1.82) is 0 Å². The molecule has 94 valence electrons. The number of carbonyl (C=O) groups is 1. The summed E-state index contributed by atoms with van der Waals surface area (Å²) < 4.78 is 5.42. The van der Waals surface area contributed by atoms with E-state index in [4.69, 9.17) is 4.42 Å². The summed E-state index contributed by atoms with van der Waals surface area (Å²) >= 11 is 1.66. The Balaban J connectivity index is 1.64. The molecule has 1 aliphatic heterocycles. The standard InChI is InChI=1S/C12H13N3O2S/c16-9-10-1-2-11(17-10)14-4-6-15(7-5-14)12-13-3-8-18-12/h1-3,8-9H,4-7H2. The minimum atomic E-state index is 0.382. The SMILES string of the molecule is O=Cc1ccc(N2CCN(c3nccs3)CC2)o1. The number of carbonyl (C=O) groups excluding carboxylic acids is 1. The van der Waals surface area contributed by atoms with Gasteiger partial charge in [-0.2, -0.15) is 0 Å². The van der Waals surface area contributed by atoms with Crippen molar-refractivity contribution < 1.29 is 9.21 Å². The van der Waals surface area contributed by atoms with Gasteiger partial charge < -0.3 is 14.2 Å². The second-order valence-electron chi connectivity index (χ2n) is 4.08. The fourth-order valence-electron chi connectivity index (χ4n) is 2.07. The van der Waals surface area contributed by atoms with Crippen LogP contribution in [-0.2, 0) is 0 Å². The molecule has 18 heavy (non-hydrogen) atoms. The highest BCUT2D eigenvalue weighted by Gasteiger charge is 2.20. The van der Waals surface area contributed by atoms with Crippen LogP contribution in [0.15, 0.2) is 28.1 Å². The number of hydrogen-bond acceptors (Lipinski definition) is 6. The molecule has 2 aromatic heterocycles. The fourth-order valence-corrected chi connectivity index (χ4v) is 2.76. The second-order valence-corrected chi connectivity index (χ2v) is 4.96. The molecule has 0 spiro atoms. The number of rotatable bonds is 3. The van der Waals surface area contributed by atoms with Crippen molar-refractivity contribution in [2.75, 3.05) is 36.0 Å². The summed E-state index contributed by atoms with van der Waals surface area (Å²) in [6.45, 7) is 3.60. The summed E-state index contributed by atoms with van der Waals surface area (Å²) in [5, 5.41) is 3.06. The number of aldehydes is 1. The zero-order chi connectivity index (χ0) is 12.4. The lowest BCUT2D eigenvalue weighted by Gasteiger charge is -2.34. The number of aromatic nitrogens is 1. The monoisotopic (exact) mass is 263 g/mol. The Morgan fingerprint density at radius 1 is 1.22 bits per heavy atom. The van der Waals surface area contributed by atoms with Crippen LogP contribution in [0.5, 0.6) is 0 Å². The van der Waals surface area contributed by atoms with Gasteiger partial charge in [-0.15, -0.1) is 11.3 Å². The van der Waals surface area contributed by atoms with Gasteiger partial charge >= 0.3 is 0 Å². The van der Waals surface area contributed by atoms with Gasteiger partial charge in [0.05, 0.1) is 0 Å². The van der Waals surface area contributed by atoms with E-state index in [1.54, 1.807) is 17.4 Å². The first-order valence-corrected chi connectivity index (χ1v) is 6.69. The van der Waals surface area contributed by atoms with Crippen LogP contribution >= 0.6 is 11.3 Å². The number of anilines is 2. The van der Waals surface area contributed by atoms with Gasteiger partial charge in [0, 0.05) is 43.8 Å². The van der Waals surface area contributed by atoms with E-state index < -0.39 is 0 Å². The maximum atomic E-state index is 10.6. The molecule has 0 bridgehead atoms. The zero-order valence-electron chi connectivity index (χ0n) is 9.78. The van der Waals surface area contributed by atoms with Crippen molar-refractivity contribution in [2.24, 2.45) is 0 Å². The van der Waals surface area contributed by atoms with Gasteiger partial charge in [-0.25, -0.2) is 4.98 Å². The van der Waals surface area contributed by atoms with Gasteiger partial charge in [0.1, 0.15) is 0 Å². The van der Waals surface area contributed by atoms with Gasteiger partial charge in [0.2, 0.25) is 0 Å². The van der Waals surface area contributed by atoms with Gasteiger partial charge in [-0.3, -0.25) is 4.79 Å². The molecule has 0 saturated carbocycles. The molecule has 6 heteroatoms. The predicted molar refractivity (Wildman–Crippen MR) is 70.6 cm³/mol. The third-order valence-corrected chi connectivity index (χ3v) is 3.84. The minimum absolute atomic E-state index is 0.382. The maximum absolute atomic E-state index is 10.6. The summed E-state index contributed by atoms with van der Waals surface area (Å²) in [5.41, 5.74) is 0. The Morgan fingerprint density at radius 3 is 2.61 bits per heavy atom. The second kappa shape index (κ2) is 4.81. The lowest BCUT2D eigenvalue weighted by molar-refractivity contribution is 0.110. The first-order chi connectivity index (χ1) is 8.86. The highest BCUT2D eigenvalue weighted by Crippen LogP contribution is 2.23. The highest BCUT2D eigenvalue weighted by molar-refractivity contribution is 7.13. The molecular weight excluding hydrogens is 250 g/mol. The lowest BCUT2D eigenvalue weighted by Crippen LogP contribution is -2.46. The Kier molecular flexibility index (Phi) is 3.02. The molecule has 3 rings (SSSR count). The van der Waals surface area contributed by atoms with Crippen LogP contribution in [-0.4, -0.2) is 37.4 Å². The topological polar surface area (TPSA) is 49.6 Å². The van der Waals surface area contributed by atoms with Gasteiger partial charge in [0.25, 0.3) is 0 Å². The molecule has 2 aromatic rings. The van der Waals surface area contributed by atoms with Crippen molar-refractivity contribution >= 4 is 28.6 Å². The largest absolute Gasteiger partial charge is 0.438 e. The first-order valence-electron chi connectivity index (χ1n) is 5.81. The molecule has 0 aromatic carbocycles. The maximum Gasteiger partial charge on any atom is 0.196 e. The summed E-state index contributed by atoms with van der Waals surface area (Å²) in [7, 11) is 0. The molecule has 5 nitrogen and oxygen atoms in total. The van der Waals surface area contributed by atoms with Crippen LogP contribution in [0, 0.1) is 0 Å². The Hall–Kier alpha value is -1.82. The number of hydrogen-bond donors (Lipinski definition) is 0. The number of nitrogens with zero attached hydrogens (tertiary/aromatic N) is 3. The molecule has 1 saturated heterocycles. The highest BCUT2D eigenvalue weighted by atomic mass is 32.1. The van der Waals surface area contributed by atoms with Crippen LogP contribution in [0.4, 0.5) is 11.0 Å². The molecule has 1 aliphatic rings. The summed E-state index contributed by atoms with van der Waals surface area (Å²) in [6, 6.07) is 3.55. The van der Waals surface area contributed by atoms with E-state index in [0.717, 1.165) is 43.5 Å². The van der Waals surface area contributed by atoms with Crippen molar-refractivity contribution in [3.63, 3.8) is 0 Å². The van der Waals surface area contributed by atoms with E-state index in [1.165, 1.54) is 0 Å². The molecular formula is C12H13N3O2S. The fraction of sp³-hybridized carbons (Fsp3) is 0.333. The average molecular weight is 263 g/mol.